The summed E-state index contributed by atoms with van der Waals surface area (Å²) in [4.78, 5) is 0. The Bertz CT molecular complexity index is 958. The van der Waals surface area contributed by atoms with Crippen molar-refractivity contribution in [1.82, 2.24) is 0 Å². The lowest BCUT2D eigenvalue weighted by Crippen LogP contribution is -2.47. The van der Waals surface area contributed by atoms with Crippen LogP contribution in [0.1, 0.15) is 117 Å². The fraction of sp³-hybridized carbons (Fsp3) is 0.750. The van der Waals surface area contributed by atoms with E-state index in [1.807, 2.05) is 6.26 Å². The third-order valence-corrected chi connectivity index (χ3v) is 14.0. The van der Waals surface area contributed by atoms with Crippen molar-refractivity contribution in [3.63, 3.8) is 0 Å². The van der Waals surface area contributed by atoms with Gasteiger partial charge in [-0.25, -0.2) is 0 Å². The molecule has 0 radical (unpaired) electrons. The summed E-state index contributed by atoms with van der Waals surface area (Å²) in [6, 6.07) is 4.73. The molecule has 210 valence electrons. The van der Waals surface area contributed by atoms with Crippen LogP contribution >= 0.6 is 11.6 Å². The van der Waals surface area contributed by atoms with Crippen LogP contribution < -0.4 is 9.16 Å². The molecule has 0 saturated heterocycles. The monoisotopic (exact) mass is 548 g/mol. The quantitative estimate of drug-likeness (QED) is 0.126. The van der Waals surface area contributed by atoms with E-state index in [2.05, 4.69) is 73.7 Å². The smallest absolute Gasteiger partial charge is 0.250 e. The van der Waals surface area contributed by atoms with Crippen molar-refractivity contribution in [3.8, 4) is 11.5 Å². The van der Waals surface area contributed by atoms with Gasteiger partial charge in [0.15, 0.2) is 0 Å². The number of halogens is 1. The lowest BCUT2D eigenvalue weighted by Gasteiger charge is -2.49. The number of alkyl halides is 1. The number of rotatable bonds is 10. The molecule has 1 aromatic carbocycles. The van der Waals surface area contributed by atoms with Gasteiger partial charge in [0.05, 0.1) is 13.4 Å². The van der Waals surface area contributed by atoms with Gasteiger partial charge in [-0.3, -0.25) is 0 Å². The van der Waals surface area contributed by atoms with Crippen LogP contribution in [-0.2, 0) is 10.2 Å². The number of methoxy groups -OCH3 is 1. The Morgan fingerprint density at radius 2 is 1.76 bits per heavy atom. The highest BCUT2D eigenvalue weighted by Crippen LogP contribution is 2.57. The van der Waals surface area contributed by atoms with Crippen LogP contribution in [0.5, 0.6) is 11.5 Å². The van der Waals surface area contributed by atoms with Gasteiger partial charge >= 0.3 is 0 Å². The molecule has 3 rings (SSSR count). The number of unbranched alkanes of at least 4 members (excludes halogenated alkanes) is 3. The van der Waals surface area contributed by atoms with E-state index in [-0.39, 0.29) is 16.1 Å². The number of allylic oxidation sites excluding steroid dienone is 1. The minimum absolute atomic E-state index is 0.0412. The highest BCUT2D eigenvalue weighted by Gasteiger charge is 2.48. The summed E-state index contributed by atoms with van der Waals surface area (Å²) in [5.74, 6) is 3.70. The van der Waals surface area contributed by atoms with E-state index in [4.69, 9.17) is 25.5 Å². The van der Waals surface area contributed by atoms with Gasteiger partial charge < -0.3 is 13.9 Å². The lowest BCUT2D eigenvalue weighted by molar-refractivity contribution is -0.00115. The van der Waals surface area contributed by atoms with Gasteiger partial charge in [0.25, 0.3) is 0 Å². The summed E-state index contributed by atoms with van der Waals surface area (Å²) in [7, 11) is -0.298. The van der Waals surface area contributed by atoms with Crippen LogP contribution in [0.4, 0.5) is 0 Å². The first-order chi connectivity index (χ1) is 17.1. The zero-order chi connectivity index (χ0) is 27.6. The summed E-state index contributed by atoms with van der Waals surface area (Å²) in [5, 5.41) is 0.121. The normalized spacial score (nSPS) is 22.7. The predicted octanol–water partition coefficient (Wildman–Crippen LogP) is 10.1. The molecule has 0 unspecified atom stereocenters. The fourth-order valence-electron chi connectivity index (χ4n) is 5.95. The van der Waals surface area contributed by atoms with Crippen molar-refractivity contribution >= 4 is 19.9 Å². The van der Waals surface area contributed by atoms with E-state index < -0.39 is 8.32 Å². The molecule has 1 fully saturated rings. The molecule has 1 saturated carbocycles. The first-order valence-corrected chi connectivity index (χ1v) is 17.9. The van der Waals surface area contributed by atoms with Gasteiger partial charge in [0, 0.05) is 23.3 Å². The molecule has 0 aromatic heterocycles. The molecule has 1 aliphatic heterocycles. The van der Waals surface area contributed by atoms with Gasteiger partial charge in [-0.05, 0) is 92.8 Å². The minimum Gasteiger partial charge on any atom is -0.543 e. The van der Waals surface area contributed by atoms with Crippen molar-refractivity contribution in [2.24, 2.45) is 5.92 Å². The number of ether oxygens (including phenoxy) is 2. The molecule has 37 heavy (non-hydrogen) atoms. The average Bonchev–Trinajstić information content (AvgIpc) is 2.77. The Hall–Kier alpha value is -1.13. The minimum atomic E-state index is -2.06. The number of fused-ring (bicyclic) bond motifs is 3. The summed E-state index contributed by atoms with van der Waals surface area (Å²) < 4.78 is 19.5. The molecule has 1 aromatic rings. The second kappa shape index (κ2) is 11.5. The Balaban J connectivity index is 2.09. The zero-order valence-electron chi connectivity index (χ0n) is 25.4. The fourth-order valence-corrected chi connectivity index (χ4v) is 7.16. The van der Waals surface area contributed by atoms with Gasteiger partial charge in [-0.15, -0.1) is 11.6 Å². The number of hydrogen-bond acceptors (Lipinski definition) is 3. The summed E-state index contributed by atoms with van der Waals surface area (Å²) in [6.45, 7) is 21.0. The second-order valence-electron chi connectivity index (χ2n) is 14.2. The van der Waals surface area contributed by atoms with Gasteiger partial charge in [0.2, 0.25) is 8.32 Å². The molecule has 3 nitrogen and oxygen atoms in total. The third-order valence-electron chi connectivity index (χ3n) is 9.41. The molecule has 1 aliphatic carbocycles. The van der Waals surface area contributed by atoms with E-state index in [1.165, 1.54) is 36.0 Å². The Labute approximate surface area is 233 Å². The molecular weight excluding hydrogens is 496 g/mol. The van der Waals surface area contributed by atoms with Crippen molar-refractivity contribution in [1.29, 1.82) is 0 Å². The van der Waals surface area contributed by atoms with Crippen LogP contribution in [0.25, 0.3) is 0 Å². The highest BCUT2D eigenvalue weighted by molar-refractivity contribution is 6.74. The predicted molar refractivity (Wildman–Crippen MR) is 161 cm³/mol. The van der Waals surface area contributed by atoms with Crippen molar-refractivity contribution in [3.05, 3.63) is 35.1 Å². The van der Waals surface area contributed by atoms with E-state index in [0.29, 0.717) is 11.8 Å². The van der Waals surface area contributed by atoms with Crippen LogP contribution in [0.2, 0.25) is 18.1 Å². The largest absolute Gasteiger partial charge is 0.543 e. The molecule has 2 aliphatic rings. The highest BCUT2D eigenvalue weighted by atomic mass is 35.5. The number of benzene rings is 1. The molecule has 0 amide bonds. The SMILES string of the molecule is CO/C=C1/CC[C@@H]2[C@@H](C1)c1c(cc(C(C)(C)CCCCCCCl)cc1O[Si](C)(C)C(C)(C)C)OC2(C)C. The topological polar surface area (TPSA) is 27.7 Å². The van der Waals surface area contributed by atoms with E-state index in [0.717, 1.165) is 49.5 Å². The molecule has 0 spiro atoms. The lowest BCUT2D eigenvalue weighted by atomic mass is 9.65. The van der Waals surface area contributed by atoms with Crippen molar-refractivity contribution in [2.45, 2.75) is 135 Å². The molecule has 1 heterocycles. The van der Waals surface area contributed by atoms with E-state index in [1.54, 1.807) is 7.11 Å². The van der Waals surface area contributed by atoms with Crippen molar-refractivity contribution in [2.75, 3.05) is 13.0 Å². The Morgan fingerprint density at radius 1 is 1.08 bits per heavy atom. The molecule has 0 N–H and O–H groups in total. The maximum Gasteiger partial charge on any atom is 0.250 e. The Kier molecular flexibility index (Phi) is 9.48. The van der Waals surface area contributed by atoms with Crippen LogP contribution in [-0.4, -0.2) is 26.9 Å². The van der Waals surface area contributed by atoms with Gasteiger partial charge in [-0.1, -0.05) is 53.9 Å². The first kappa shape index (κ1) is 30.4. The van der Waals surface area contributed by atoms with Gasteiger partial charge in [0.1, 0.15) is 17.1 Å². The molecule has 5 heteroatoms. The van der Waals surface area contributed by atoms with Gasteiger partial charge in [-0.2, -0.15) is 0 Å². The summed E-state index contributed by atoms with van der Waals surface area (Å²) in [6.07, 6.45) is 11.1. The first-order valence-electron chi connectivity index (χ1n) is 14.5. The van der Waals surface area contributed by atoms with E-state index in [9.17, 15) is 0 Å². The maximum absolute atomic E-state index is 7.16. The van der Waals surface area contributed by atoms with Crippen LogP contribution in [0.15, 0.2) is 24.0 Å². The molecule has 0 bridgehead atoms. The summed E-state index contributed by atoms with van der Waals surface area (Å²) in [5.41, 5.74) is 3.84. The van der Waals surface area contributed by atoms with Crippen LogP contribution in [0, 0.1) is 5.92 Å². The average molecular weight is 549 g/mol. The van der Waals surface area contributed by atoms with E-state index >= 15 is 0 Å². The molecular formula is C32H53ClO3Si. The van der Waals surface area contributed by atoms with Crippen LogP contribution in [0.3, 0.4) is 0 Å². The third kappa shape index (κ3) is 6.90. The maximum atomic E-state index is 7.16. The zero-order valence-corrected chi connectivity index (χ0v) is 27.1. The number of hydrogen-bond donors (Lipinski definition) is 0. The second-order valence-corrected chi connectivity index (χ2v) is 19.3. The Morgan fingerprint density at radius 3 is 2.38 bits per heavy atom. The van der Waals surface area contributed by atoms with Crippen molar-refractivity contribution < 1.29 is 13.9 Å². The molecule has 2 atom stereocenters. The summed E-state index contributed by atoms with van der Waals surface area (Å²) >= 11 is 5.90. The standard InChI is InChI=1S/C32H53ClO3Si/c1-30(2,3)37(9,10)36-28-21-24(31(4,5)17-13-11-12-14-18-33)20-27-29(28)25-19-23(22-34-8)15-16-26(25)32(6,7)35-27/h20-22,25-26H,11-19H2,1-10H3/b23-22-/t25-,26-/m1/s1.